The maximum absolute atomic E-state index is 11.0. The van der Waals surface area contributed by atoms with Gasteiger partial charge >= 0.3 is 6.09 Å². The van der Waals surface area contributed by atoms with Crippen molar-refractivity contribution in [2.24, 2.45) is 9.98 Å². The number of aryl methyl sites for hydroxylation is 1. The lowest BCUT2D eigenvalue weighted by Gasteiger charge is -2.05. The fraction of sp³-hybridized carbons (Fsp3) is 0.286. The second kappa shape index (κ2) is 12.4. The van der Waals surface area contributed by atoms with E-state index >= 15 is 0 Å². The summed E-state index contributed by atoms with van der Waals surface area (Å²) in [7, 11) is 9.16. The highest BCUT2D eigenvalue weighted by molar-refractivity contribution is 6.30. The summed E-state index contributed by atoms with van der Waals surface area (Å²) in [6.07, 6.45) is 2.96. The van der Waals surface area contributed by atoms with E-state index in [9.17, 15) is 4.79 Å². The highest BCUT2D eigenvalue weighted by Gasteiger charge is 2.01. The zero-order valence-corrected chi connectivity index (χ0v) is 18.4. The number of nitrogens with one attached hydrogen (secondary N) is 1. The average molecular weight is 418 g/mol. The molecule has 0 saturated heterocycles. The van der Waals surface area contributed by atoms with Gasteiger partial charge < -0.3 is 19.9 Å². The molecule has 0 unspecified atom stereocenters. The van der Waals surface area contributed by atoms with Crippen molar-refractivity contribution >= 4 is 41.7 Å². The van der Waals surface area contributed by atoms with Crippen LogP contribution in [0.2, 0.25) is 5.02 Å². The number of ether oxygens (including phenoxy) is 1. The number of amides is 1. The molecule has 0 saturated carbocycles. The van der Waals surface area contributed by atoms with E-state index in [4.69, 9.17) is 16.3 Å². The Hall–Kier alpha value is -3.06. The first kappa shape index (κ1) is 24.0. The highest BCUT2D eigenvalue weighted by atomic mass is 35.5. The van der Waals surface area contributed by atoms with Gasteiger partial charge in [0.25, 0.3) is 0 Å². The van der Waals surface area contributed by atoms with Crippen LogP contribution in [-0.4, -0.2) is 63.8 Å². The van der Waals surface area contributed by atoms with Crippen molar-refractivity contribution in [2.75, 3.05) is 35.2 Å². The summed E-state index contributed by atoms with van der Waals surface area (Å²) >= 11 is 5.82. The summed E-state index contributed by atoms with van der Waals surface area (Å²) in [6.45, 7) is 1.99. The lowest BCUT2D eigenvalue weighted by Crippen LogP contribution is -2.21. The Labute approximate surface area is 177 Å². The molecule has 0 radical (unpaired) electrons. The van der Waals surface area contributed by atoms with Crippen molar-refractivity contribution in [2.45, 2.75) is 6.92 Å². The highest BCUT2D eigenvalue weighted by Crippen LogP contribution is 2.22. The van der Waals surface area contributed by atoms with Crippen molar-refractivity contribution in [1.29, 1.82) is 0 Å². The van der Waals surface area contributed by atoms with Crippen LogP contribution in [-0.2, 0) is 0 Å². The molecule has 2 rings (SSSR count). The lowest BCUT2D eigenvalue weighted by atomic mass is 10.2. The van der Waals surface area contributed by atoms with E-state index < -0.39 is 6.09 Å². The van der Waals surface area contributed by atoms with Crippen LogP contribution in [0.15, 0.2) is 52.4 Å². The molecule has 2 aromatic rings. The van der Waals surface area contributed by atoms with Crippen molar-refractivity contribution in [3.8, 4) is 5.75 Å². The van der Waals surface area contributed by atoms with Crippen molar-refractivity contribution in [3.63, 3.8) is 0 Å². The van der Waals surface area contributed by atoms with Gasteiger partial charge in [-0.15, -0.1) is 0 Å². The van der Waals surface area contributed by atoms with E-state index in [1.165, 1.54) is 7.05 Å². The van der Waals surface area contributed by atoms with Crippen LogP contribution in [0.4, 0.5) is 16.2 Å². The first-order chi connectivity index (χ1) is 13.7. The Morgan fingerprint density at radius 3 is 2.28 bits per heavy atom. The lowest BCUT2D eigenvalue weighted by molar-refractivity contribution is 0.203. The van der Waals surface area contributed by atoms with E-state index in [1.807, 2.05) is 69.2 Å². The maximum atomic E-state index is 11.0. The Bertz CT molecular complexity index is 851. The predicted octanol–water partition coefficient (Wildman–Crippen LogP) is 4.50. The van der Waals surface area contributed by atoms with E-state index in [-0.39, 0.29) is 0 Å². The topological polar surface area (TPSA) is 69.5 Å². The van der Waals surface area contributed by atoms with Crippen molar-refractivity contribution < 1.29 is 9.53 Å². The molecule has 0 fully saturated rings. The largest absolute Gasteiger partial charge is 0.412 e. The zero-order chi connectivity index (χ0) is 21.8. The van der Waals surface area contributed by atoms with E-state index in [0.717, 1.165) is 22.0 Å². The van der Waals surface area contributed by atoms with Crippen LogP contribution in [0.25, 0.3) is 0 Å². The average Bonchev–Trinajstić information content (AvgIpc) is 2.66. The molecule has 0 spiro atoms. The number of hydrogen-bond acceptors (Lipinski definition) is 4. The van der Waals surface area contributed by atoms with Crippen LogP contribution < -0.4 is 10.1 Å². The van der Waals surface area contributed by atoms with Gasteiger partial charge in [0.1, 0.15) is 5.75 Å². The predicted molar refractivity (Wildman–Crippen MR) is 121 cm³/mol. The number of hydrogen-bond donors (Lipinski definition) is 1. The van der Waals surface area contributed by atoms with Crippen LogP contribution in [0.1, 0.15) is 5.56 Å². The summed E-state index contributed by atoms with van der Waals surface area (Å²) in [5.41, 5.74) is 2.78. The number of carbonyl (C=O) groups is 1. The van der Waals surface area contributed by atoms with Gasteiger partial charge in [0.15, 0.2) is 0 Å². The van der Waals surface area contributed by atoms with Crippen molar-refractivity contribution in [1.82, 2.24) is 15.1 Å². The molecule has 0 heterocycles. The normalized spacial score (nSPS) is 10.4. The quantitative estimate of drug-likeness (QED) is 0.574. The Morgan fingerprint density at radius 1 is 1.03 bits per heavy atom. The first-order valence-corrected chi connectivity index (χ1v) is 9.26. The molecule has 2 aromatic carbocycles. The maximum Gasteiger partial charge on any atom is 0.412 e. The fourth-order valence-electron chi connectivity index (χ4n) is 1.91. The Balaban J connectivity index is 0.000000296. The number of aliphatic imine (C=N–C) groups is 2. The third kappa shape index (κ3) is 10.2. The van der Waals surface area contributed by atoms with E-state index in [1.54, 1.807) is 30.9 Å². The minimum atomic E-state index is -0.492. The van der Waals surface area contributed by atoms with Gasteiger partial charge in [-0.3, -0.25) is 0 Å². The third-order valence-electron chi connectivity index (χ3n) is 3.26. The third-order valence-corrected chi connectivity index (χ3v) is 3.49. The second-order valence-electron chi connectivity index (χ2n) is 6.48. The smallest absolute Gasteiger partial charge is 0.410 e. The molecule has 1 N–H and O–H groups in total. The summed E-state index contributed by atoms with van der Waals surface area (Å²) in [4.78, 5) is 23.2. The van der Waals surface area contributed by atoms with Gasteiger partial charge in [0.05, 0.1) is 24.1 Å². The molecule has 7 nitrogen and oxygen atoms in total. The zero-order valence-electron chi connectivity index (χ0n) is 17.7. The number of nitrogens with zero attached hydrogens (tertiary/aromatic N) is 4. The van der Waals surface area contributed by atoms with Gasteiger partial charge in [-0.2, -0.15) is 0 Å². The molecule has 156 valence electrons. The molecule has 29 heavy (non-hydrogen) atoms. The van der Waals surface area contributed by atoms with Gasteiger partial charge in [0.2, 0.25) is 0 Å². The molecule has 0 bridgehead atoms. The molecular formula is C21H28ClN5O2. The van der Waals surface area contributed by atoms with Crippen LogP contribution in [0.5, 0.6) is 5.75 Å². The number of halogens is 1. The minimum absolute atomic E-state index is 0.466. The summed E-state index contributed by atoms with van der Waals surface area (Å²) in [5.74, 6) is 0.466. The SMILES string of the molecule is CNC(=O)Oc1cccc(N=CN(C)C)c1.Cc1cc(Cl)ccc1N=CN(C)C. The summed E-state index contributed by atoms with van der Waals surface area (Å²) in [6, 6.07) is 12.7. The molecule has 1 amide bonds. The van der Waals surface area contributed by atoms with Gasteiger partial charge in [0, 0.05) is 46.3 Å². The molecule has 0 aliphatic rings. The molecule has 0 atom stereocenters. The van der Waals surface area contributed by atoms with Crippen LogP contribution in [0.3, 0.4) is 0 Å². The molecular weight excluding hydrogens is 390 g/mol. The first-order valence-electron chi connectivity index (χ1n) is 8.88. The standard InChI is InChI=1S/C11H15N3O2.C10H13ClN2/c1-12-11(15)16-10-6-4-5-9(7-10)13-8-14(2)3;1-8-6-9(11)4-5-10(8)12-7-13(2)3/h4-8H,1-3H3,(H,12,15);4-7H,1-3H3. The summed E-state index contributed by atoms with van der Waals surface area (Å²) in [5, 5.41) is 3.13. The fourth-order valence-corrected chi connectivity index (χ4v) is 2.14. The molecule has 8 heteroatoms. The van der Waals surface area contributed by atoms with E-state index in [2.05, 4.69) is 15.3 Å². The van der Waals surface area contributed by atoms with Gasteiger partial charge in [-0.05, 0) is 42.8 Å². The Kier molecular flexibility index (Phi) is 10.3. The molecule has 0 aliphatic carbocycles. The van der Waals surface area contributed by atoms with Crippen LogP contribution in [0, 0.1) is 6.92 Å². The second-order valence-corrected chi connectivity index (χ2v) is 6.92. The Morgan fingerprint density at radius 2 is 1.69 bits per heavy atom. The number of rotatable bonds is 5. The van der Waals surface area contributed by atoms with Crippen LogP contribution >= 0.6 is 11.6 Å². The van der Waals surface area contributed by atoms with Gasteiger partial charge in [-0.25, -0.2) is 14.8 Å². The minimum Gasteiger partial charge on any atom is -0.410 e. The van der Waals surface area contributed by atoms with Crippen molar-refractivity contribution in [3.05, 3.63) is 53.1 Å². The molecule has 0 aliphatic heterocycles. The van der Waals surface area contributed by atoms with Gasteiger partial charge in [-0.1, -0.05) is 17.7 Å². The number of carbonyl (C=O) groups excluding carboxylic acids is 1. The summed E-state index contributed by atoms with van der Waals surface area (Å²) < 4.78 is 4.97. The molecule has 0 aromatic heterocycles. The van der Waals surface area contributed by atoms with E-state index in [0.29, 0.717) is 5.75 Å². The monoisotopic (exact) mass is 417 g/mol. The number of benzene rings is 2.